The summed E-state index contributed by atoms with van der Waals surface area (Å²) < 4.78 is 0. The highest BCUT2D eigenvalue weighted by molar-refractivity contribution is 5.10. The van der Waals surface area contributed by atoms with E-state index < -0.39 is 0 Å². The van der Waals surface area contributed by atoms with Gasteiger partial charge in [0.2, 0.25) is 0 Å². The maximum absolute atomic E-state index is 4.22. The summed E-state index contributed by atoms with van der Waals surface area (Å²) in [6.45, 7) is 13.7. The van der Waals surface area contributed by atoms with Crippen LogP contribution in [0.2, 0.25) is 0 Å². The molecule has 0 aromatic carbocycles. The van der Waals surface area contributed by atoms with Crippen molar-refractivity contribution in [3.05, 3.63) is 12.3 Å². The molecule has 1 nitrogen and oxygen atoms in total. The van der Waals surface area contributed by atoms with Crippen LogP contribution in [0, 0.1) is 23.2 Å². The van der Waals surface area contributed by atoms with Gasteiger partial charge in [0.1, 0.15) is 0 Å². The molecule has 0 radical (unpaired) electrons. The molecule has 0 bridgehead atoms. The Balaban J connectivity index is 1.74. The highest BCUT2D eigenvalue weighted by atomic mass is 14.9. The molecule has 1 N–H and O–H groups in total. The molecule has 17 heavy (non-hydrogen) atoms. The quantitative estimate of drug-likeness (QED) is 0.767. The third kappa shape index (κ3) is 3.26. The van der Waals surface area contributed by atoms with Crippen molar-refractivity contribution < 1.29 is 0 Å². The molecular weight excluding hydrogens is 206 g/mol. The van der Waals surface area contributed by atoms with E-state index in [0.29, 0.717) is 11.5 Å². The first-order valence-electron chi connectivity index (χ1n) is 7.33. The van der Waals surface area contributed by atoms with Crippen molar-refractivity contribution in [1.29, 1.82) is 0 Å². The Hall–Kier alpha value is -0.460. The minimum Gasteiger partial charge on any atom is -0.386 e. The zero-order valence-corrected chi connectivity index (χ0v) is 12.1. The maximum Gasteiger partial charge on any atom is 0.0258 e. The van der Waals surface area contributed by atoms with E-state index in [0.717, 1.165) is 17.8 Å². The molecule has 0 aliphatic heterocycles. The van der Waals surface area contributed by atoms with Crippen LogP contribution in [0.1, 0.15) is 59.8 Å². The average Bonchev–Trinajstić information content (AvgIpc) is 2.95. The van der Waals surface area contributed by atoms with Gasteiger partial charge < -0.3 is 5.32 Å². The van der Waals surface area contributed by atoms with Crippen LogP contribution in [-0.4, -0.2) is 6.04 Å². The summed E-state index contributed by atoms with van der Waals surface area (Å²) in [5, 5.41) is 3.69. The van der Waals surface area contributed by atoms with Gasteiger partial charge in [0.05, 0.1) is 0 Å². The lowest BCUT2D eigenvalue weighted by atomic mass is 9.71. The molecule has 0 heterocycles. The lowest BCUT2D eigenvalue weighted by Gasteiger charge is -2.37. The topological polar surface area (TPSA) is 12.0 Å². The van der Waals surface area contributed by atoms with E-state index in [1.807, 2.05) is 0 Å². The predicted octanol–water partition coefficient (Wildman–Crippen LogP) is 4.35. The number of hydrogen-bond acceptors (Lipinski definition) is 1. The van der Waals surface area contributed by atoms with Gasteiger partial charge in [-0.15, -0.1) is 0 Å². The SMILES string of the molecule is C=C(NC1CCC(C(C)(C)C)CC1)C1CC1C. The van der Waals surface area contributed by atoms with Crippen LogP contribution >= 0.6 is 0 Å². The second-order valence-electron chi connectivity index (χ2n) is 7.40. The molecule has 0 aromatic heterocycles. The first-order chi connectivity index (χ1) is 7.88. The summed E-state index contributed by atoms with van der Waals surface area (Å²) in [5.41, 5.74) is 1.81. The van der Waals surface area contributed by atoms with Crippen LogP contribution in [0.15, 0.2) is 12.3 Å². The third-order valence-corrected chi connectivity index (χ3v) is 4.90. The normalized spacial score (nSPS) is 37.6. The number of hydrogen-bond donors (Lipinski definition) is 1. The van der Waals surface area contributed by atoms with Gasteiger partial charge in [-0.2, -0.15) is 0 Å². The van der Waals surface area contributed by atoms with E-state index in [2.05, 4.69) is 39.6 Å². The zero-order valence-electron chi connectivity index (χ0n) is 12.1. The van der Waals surface area contributed by atoms with E-state index in [9.17, 15) is 0 Å². The average molecular weight is 235 g/mol. The van der Waals surface area contributed by atoms with Crippen molar-refractivity contribution in [2.45, 2.75) is 65.8 Å². The van der Waals surface area contributed by atoms with Crippen molar-refractivity contribution in [2.24, 2.45) is 23.2 Å². The Labute approximate surface area is 107 Å². The van der Waals surface area contributed by atoms with Crippen LogP contribution in [0.25, 0.3) is 0 Å². The molecule has 2 rings (SSSR count). The van der Waals surface area contributed by atoms with Gasteiger partial charge in [-0.3, -0.25) is 0 Å². The zero-order chi connectivity index (χ0) is 12.6. The minimum absolute atomic E-state index is 0.493. The summed E-state index contributed by atoms with van der Waals surface area (Å²) >= 11 is 0. The first kappa shape index (κ1) is 13.0. The van der Waals surface area contributed by atoms with E-state index >= 15 is 0 Å². The Bertz CT molecular complexity index is 278. The molecule has 2 saturated carbocycles. The molecule has 2 aliphatic rings. The van der Waals surface area contributed by atoms with Gasteiger partial charge in [-0.25, -0.2) is 0 Å². The van der Waals surface area contributed by atoms with Gasteiger partial charge in [-0.1, -0.05) is 34.3 Å². The molecule has 2 fully saturated rings. The van der Waals surface area contributed by atoms with Crippen molar-refractivity contribution in [1.82, 2.24) is 5.32 Å². The van der Waals surface area contributed by atoms with Gasteiger partial charge in [0.15, 0.2) is 0 Å². The standard InChI is InChI=1S/C16H29N/c1-11-10-15(11)12(2)17-14-8-6-13(7-9-14)16(3,4)5/h11,13-15,17H,2,6-10H2,1,3-5H3. The monoisotopic (exact) mass is 235 g/mol. The first-order valence-corrected chi connectivity index (χ1v) is 7.33. The Morgan fingerprint density at radius 2 is 1.65 bits per heavy atom. The maximum atomic E-state index is 4.22. The fourth-order valence-electron chi connectivity index (χ4n) is 3.28. The van der Waals surface area contributed by atoms with Crippen LogP contribution in [-0.2, 0) is 0 Å². The minimum atomic E-state index is 0.493. The number of allylic oxidation sites excluding steroid dienone is 1. The lowest BCUT2D eigenvalue weighted by Crippen LogP contribution is -2.36. The third-order valence-electron chi connectivity index (χ3n) is 4.90. The largest absolute Gasteiger partial charge is 0.386 e. The number of nitrogens with one attached hydrogen (secondary N) is 1. The molecule has 0 saturated heterocycles. The highest BCUT2D eigenvalue weighted by Crippen LogP contribution is 2.43. The van der Waals surface area contributed by atoms with Crippen LogP contribution in [0.3, 0.4) is 0 Å². The van der Waals surface area contributed by atoms with E-state index in [4.69, 9.17) is 0 Å². The molecule has 0 spiro atoms. The molecule has 0 amide bonds. The Morgan fingerprint density at radius 3 is 2.06 bits per heavy atom. The fraction of sp³-hybridized carbons (Fsp3) is 0.875. The second-order valence-corrected chi connectivity index (χ2v) is 7.40. The molecular formula is C16H29N. The van der Waals surface area contributed by atoms with E-state index in [1.165, 1.54) is 37.8 Å². The summed E-state index contributed by atoms with van der Waals surface area (Å²) in [4.78, 5) is 0. The summed E-state index contributed by atoms with van der Waals surface area (Å²) in [6, 6.07) is 0.703. The van der Waals surface area contributed by atoms with Gasteiger partial charge >= 0.3 is 0 Å². The molecule has 2 atom stereocenters. The van der Waals surface area contributed by atoms with Crippen molar-refractivity contribution >= 4 is 0 Å². The fourth-order valence-corrected chi connectivity index (χ4v) is 3.28. The Morgan fingerprint density at radius 1 is 1.12 bits per heavy atom. The lowest BCUT2D eigenvalue weighted by molar-refractivity contribution is 0.162. The molecule has 98 valence electrons. The van der Waals surface area contributed by atoms with Gasteiger partial charge in [-0.05, 0) is 49.4 Å². The predicted molar refractivity (Wildman–Crippen MR) is 74.7 cm³/mol. The molecule has 0 aromatic rings. The smallest absolute Gasteiger partial charge is 0.0258 e. The summed E-state index contributed by atoms with van der Waals surface area (Å²) in [6.07, 6.45) is 6.79. The highest BCUT2D eigenvalue weighted by Gasteiger charge is 2.36. The Kier molecular flexibility index (Phi) is 3.56. The van der Waals surface area contributed by atoms with Gasteiger partial charge in [0.25, 0.3) is 0 Å². The summed E-state index contributed by atoms with van der Waals surface area (Å²) in [7, 11) is 0. The molecule has 1 heteroatoms. The van der Waals surface area contributed by atoms with Crippen molar-refractivity contribution in [3.8, 4) is 0 Å². The van der Waals surface area contributed by atoms with E-state index in [1.54, 1.807) is 0 Å². The summed E-state index contributed by atoms with van der Waals surface area (Å²) in [5.74, 6) is 2.56. The molecule has 2 unspecified atom stereocenters. The van der Waals surface area contributed by atoms with Crippen LogP contribution in [0.4, 0.5) is 0 Å². The van der Waals surface area contributed by atoms with Gasteiger partial charge in [0, 0.05) is 17.7 Å². The number of rotatable bonds is 3. The van der Waals surface area contributed by atoms with Crippen molar-refractivity contribution in [3.63, 3.8) is 0 Å². The van der Waals surface area contributed by atoms with E-state index in [-0.39, 0.29) is 0 Å². The molecule has 2 aliphatic carbocycles. The van der Waals surface area contributed by atoms with Crippen molar-refractivity contribution in [2.75, 3.05) is 0 Å². The second kappa shape index (κ2) is 4.66. The van der Waals surface area contributed by atoms with Crippen LogP contribution in [0.5, 0.6) is 0 Å². The van der Waals surface area contributed by atoms with Crippen LogP contribution < -0.4 is 5.32 Å².